The van der Waals surface area contributed by atoms with Crippen molar-refractivity contribution in [1.82, 2.24) is 4.90 Å². The number of hydrogen-bond acceptors (Lipinski definition) is 4. The molecule has 1 aliphatic rings. The van der Waals surface area contributed by atoms with E-state index in [0.717, 1.165) is 37.9 Å². The van der Waals surface area contributed by atoms with Gasteiger partial charge in [0.05, 0.1) is 18.6 Å². The van der Waals surface area contributed by atoms with E-state index >= 15 is 0 Å². The Morgan fingerprint density at radius 3 is 2.45 bits per heavy atom. The predicted molar refractivity (Wildman–Crippen MR) is 86.6 cm³/mol. The first-order valence-electron chi connectivity index (χ1n) is 8.30. The second-order valence-corrected chi connectivity index (χ2v) is 5.94. The Morgan fingerprint density at radius 2 is 1.91 bits per heavy atom. The monoisotopic (exact) mass is 305 g/mol. The Morgan fingerprint density at radius 1 is 1.27 bits per heavy atom. The van der Waals surface area contributed by atoms with Crippen LogP contribution in [0.15, 0.2) is 24.3 Å². The van der Waals surface area contributed by atoms with Crippen LogP contribution in [0.3, 0.4) is 0 Å². The van der Waals surface area contributed by atoms with Gasteiger partial charge in [0.15, 0.2) is 0 Å². The molecule has 122 valence electrons. The molecule has 0 bridgehead atoms. The lowest BCUT2D eigenvalue weighted by molar-refractivity contribution is -0.149. The summed E-state index contributed by atoms with van der Waals surface area (Å²) in [6.45, 7) is 6.72. The van der Waals surface area contributed by atoms with Crippen LogP contribution in [0.1, 0.15) is 43.9 Å². The molecule has 1 fully saturated rings. The number of aliphatic hydroxyl groups excluding tert-OH is 1. The molecule has 0 spiro atoms. The number of carbonyl (C=O) groups excluding carboxylic acids is 1. The number of benzene rings is 1. The molecule has 0 aromatic heterocycles. The molecule has 0 radical (unpaired) electrons. The van der Waals surface area contributed by atoms with Gasteiger partial charge in [-0.1, -0.05) is 31.2 Å². The molecule has 1 atom stereocenters. The number of likely N-dealkylation sites (tertiary alicyclic amines) is 1. The fourth-order valence-electron chi connectivity index (χ4n) is 2.94. The van der Waals surface area contributed by atoms with Crippen molar-refractivity contribution in [2.75, 3.05) is 26.2 Å². The summed E-state index contributed by atoms with van der Waals surface area (Å²) in [4.78, 5) is 13.9. The number of ether oxygens (including phenoxy) is 1. The number of carbonyl (C=O) groups is 1. The molecular formula is C18H27NO3. The standard InChI is InChI=1S/C18H27NO3/c1-3-14-5-7-15(8-6-14)17(20)13-19-11-9-16(10-12-19)18(21)22-4-2/h5-8,16-17,20H,3-4,9-13H2,1-2H3. The maximum Gasteiger partial charge on any atom is 0.309 e. The lowest BCUT2D eigenvalue weighted by atomic mass is 9.96. The van der Waals surface area contributed by atoms with Crippen molar-refractivity contribution in [2.24, 2.45) is 5.92 Å². The highest BCUT2D eigenvalue weighted by Gasteiger charge is 2.26. The average molecular weight is 305 g/mol. The highest BCUT2D eigenvalue weighted by atomic mass is 16.5. The number of β-amino-alcohol motifs (C(OH)–C–C–N with tert-alkyl or cyclic N) is 1. The van der Waals surface area contributed by atoms with Gasteiger partial charge in [-0.15, -0.1) is 0 Å². The minimum atomic E-state index is -0.468. The van der Waals surface area contributed by atoms with Crippen molar-refractivity contribution >= 4 is 5.97 Å². The van der Waals surface area contributed by atoms with Crippen LogP contribution in [0, 0.1) is 5.92 Å². The molecule has 0 saturated carbocycles. The Kier molecular flexibility index (Phi) is 6.40. The van der Waals surface area contributed by atoms with Gasteiger partial charge in [0, 0.05) is 6.54 Å². The zero-order chi connectivity index (χ0) is 15.9. The third-order valence-electron chi connectivity index (χ3n) is 4.41. The van der Waals surface area contributed by atoms with Crippen LogP contribution in [0.5, 0.6) is 0 Å². The normalized spacial score (nSPS) is 18.1. The molecule has 1 aromatic rings. The number of aliphatic hydroxyl groups is 1. The maximum absolute atomic E-state index is 11.7. The van der Waals surface area contributed by atoms with Gasteiger partial charge in [-0.05, 0) is 50.4 Å². The summed E-state index contributed by atoms with van der Waals surface area (Å²) in [6, 6.07) is 8.17. The smallest absolute Gasteiger partial charge is 0.309 e. The van der Waals surface area contributed by atoms with Crippen molar-refractivity contribution in [2.45, 2.75) is 39.2 Å². The Bertz CT molecular complexity index is 464. The lowest BCUT2D eigenvalue weighted by Crippen LogP contribution is -2.39. The first-order chi connectivity index (χ1) is 10.6. The van der Waals surface area contributed by atoms with Crippen molar-refractivity contribution in [3.05, 3.63) is 35.4 Å². The van der Waals surface area contributed by atoms with E-state index in [2.05, 4.69) is 24.0 Å². The first-order valence-corrected chi connectivity index (χ1v) is 8.30. The van der Waals surface area contributed by atoms with Crippen molar-refractivity contribution < 1.29 is 14.6 Å². The summed E-state index contributed by atoms with van der Waals surface area (Å²) in [6.07, 6.45) is 2.18. The largest absolute Gasteiger partial charge is 0.466 e. The van der Waals surface area contributed by atoms with Crippen molar-refractivity contribution in [3.63, 3.8) is 0 Å². The topological polar surface area (TPSA) is 49.8 Å². The van der Waals surface area contributed by atoms with E-state index in [9.17, 15) is 9.90 Å². The molecule has 2 rings (SSSR count). The van der Waals surface area contributed by atoms with E-state index in [1.54, 1.807) is 0 Å². The van der Waals surface area contributed by atoms with Crippen LogP contribution in [-0.2, 0) is 16.0 Å². The third kappa shape index (κ3) is 4.55. The first kappa shape index (κ1) is 17.0. The van der Waals surface area contributed by atoms with Crippen LogP contribution in [0.4, 0.5) is 0 Å². The highest BCUT2D eigenvalue weighted by Crippen LogP contribution is 2.22. The number of hydrogen-bond donors (Lipinski definition) is 1. The summed E-state index contributed by atoms with van der Waals surface area (Å²) in [5, 5.41) is 10.4. The van der Waals surface area contributed by atoms with E-state index < -0.39 is 6.10 Å². The van der Waals surface area contributed by atoms with Gasteiger partial charge in [0.1, 0.15) is 0 Å². The van der Waals surface area contributed by atoms with Crippen molar-refractivity contribution in [1.29, 1.82) is 0 Å². The van der Waals surface area contributed by atoms with Gasteiger partial charge < -0.3 is 14.7 Å². The molecule has 1 aliphatic heterocycles. The van der Waals surface area contributed by atoms with Gasteiger partial charge in [-0.25, -0.2) is 0 Å². The summed E-state index contributed by atoms with van der Waals surface area (Å²) < 4.78 is 5.08. The molecule has 4 nitrogen and oxygen atoms in total. The van der Waals surface area contributed by atoms with Gasteiger partial charge in [0.2, 0.25) is 0 Å². The number of nitrogens with zero attached hydrogens (tertiary/aromatic N) is 1. The Balaban J connectivity index is 1.80. The van der Waals surface area contributed by atoms with E-state index in [4.69, 9.17) is 4.74 Å². The average Bonchev–Trinajstić information content (AvgIpc) is 2.55. The highest BCUT2D eigenvalue weighted by molar-refractivity contribution is 5.72. The Labute approximate surface area is 133 Å². The minimum Gasteiger partial charge on any atom is -0.466 e. The second kappa shape index (κ2) is 8.30. The van der Waals surface area contributed by atoms with E-state index in [0.29, 0.717) is 13.2 Å². The summed E-state index contributed by atoms with van der Waals surface area (Å²) >= 11 is 0. The van der Waals surface area contributed by atoms with Gasteiger partial charge >= 0.3 is 5.97 Å². The molecule has 22 heavy (non-hydrogen) atoms. The Hall–Kier alpha value is -1.39. The fourth-order valence-corrected chi connectivity index (χ4v) is 2.94. The number of esters is 1. The molecule has 1 aromatic carbocycles. The maximum atomic E-state index is 11.7. The summed E-state index contributed by atoms with van der Waals surface area (Å²) in [5.41, 5.74) is 2.25. The van der Waals surface area contributed by atoms with E-state index in [-0.39, 0.29) is 11.9 Å². The van der Waals surface area contributed by atoms with Crippen LogP contribution in [-0.4, -0.2) is 42.2 Å². The SMILES string of the molecule is CCOC(=O)C1CCN(CC(O)c2ccc(CC)cc2)CC1. The van der Waals surface area contributed by atoms with Crippen LogP contribution >= 0.6 is 0 Å². The molecule has 1 saturated heterocycles. The summed E-state index contributed by atoms with van der Waals surface area (Å²) in [5.74, 6) is -0.0463. The molecule has 1 N–H and O–H groups in total. The molecule has 4 heteroatoms. The van der Waals surface area contributed by atoms with Gasteiger partial charge in [-0.2, -0.15) is 0 Å². The van der Waals surface area contributed by atoms with E-state index in [1.807, 2.05) is 19.1 Å². The second-order valence-electron chi connectivity index (χ2n) is 5.94. The minimum absolute atomic E-state index is 0.0252. The predicted octanol–water partition coefficient (Wildman–Crippen LogP) is 2.56. The zero-order valence-electron chi connectivity index (χ0n) is 13.6. The molecule has 1 heterocycles. The van der Waals surface area contributed by atoms with E-state index in [1.165, 1.54) is 5.56 Å². The lowest BCUT2D eigenvalue weighted by Gasteiger charge is -2.32. The molecule has 1 unspecified atom stereocenters. The van der Waals surface area contributed by atoms with Crippen molar-refractivity contribution in [3.8, 4) is 0 Å². The van der Waals surface area contributed by atoms with Gasteiger partial charge in [0.25, 0.3) is 0 Å². The third-order valence-corrected chi connectivity index (χ3v) is 4.41. The quantitative estimate of drug-likeness (QED) is 0.821. The molecule has 0 aliphatic carbocycles. The fraction of sp³-hybridized carbons (Fsp3) is 0.611. The zero-order valence-corrected chi connectivity index (χ0v) is 13.6. The molecular weight excluding hydrogens is 278 g/mol. The van der Waals surface area contributed by atoms with Crippen LogP contribution in [0.2, 0.25) is 0 Å². The van der Waals surface area contributed by atoms with Crippen LogP contribution in [0.25, 0.3) is 0 Å². The summed E-state index contributed by atoms with van der Waals surface area (Å²) in [7, 11) is 0. The number of aryl methyl sites for hydroxylation is 1. The van der Waals surface area contributed by atoms with Crippen LogP contribution < -0.4 is 0 Å². The van der Waals surface area contributed by atoms with Gasteiger partial charge in [-0.3, -0.25) is 4.79 Å². The molecule has 0 amide bonds. The number of piperidine rings is 1. The number of rotatable bonds is 6.